The van der Waals surface area contributed by atoms with Crippen LogP contribution in [-0.4, -0.2) is 57.8 Å². The van der Waals surface area contributed by atoms with Crippen molar-refractivity contribution in [1.29, 1.82) is 0 Å². The van der Waals surface area contributed by atoms with Crippen LogP contribution >= 0.6 is 0 Å². The van der Waals surface area contributed by atoms with E-state index in [4.69, 9.17) is 0 Å². The van der Waals surface area contributed by atoms with Crippen LogP contribution in [0.25, 0.3) is 0 Å². The van der Waals surface area contributed by atoms with Gasteiger partial charge in [0.15, 0.2) is 0 Å². The topological polar surface area (TPSA) is 66.3 Å². The van der Waals surface area contributed by atoms with Crippen molar-refractivity contribution in [3.63, 3.8) is 0 Å². The fraction of sp³-hybridized carbons (Fsp3) is 0.500. The average molecular weight is 342 g/mol. The first-order chi connectivity index (χ1) is 12.0. The van der Waals surface area contributed by atoms with Gasteiger partial charge in [-0.1, -0.05) is 0 Å². The minimum absolute atomic E-state index is 0.0878. The number of hydrogen-bond acceptors (Lipinski definition) is 4. The van der Waals surface area contributed by atoms with Gasteiger partial charge in [0.2, 0.25) is 0 Å². The normalized spacial score (nSPS) is 17.8. The zero-order valence-corrected chi connectivity index (χ0v) is 15.1. The second-order valence-corrected chi connectivity index (χ2v) is 6.92. The molecule has 1 N–H and O–H groups in total. The molecule has 0 aliphatic carbocycles. The summed E-state index contributed by atoms with van der Waals surface area (Å²) < 4.78 is 1.81. The Balaban J connectivity index is 1.62. The molecule has 1 saturated heterocycles. The maximum absolute atomic E-state index is 12.6. The maximum Gasteiger partial charge on any atom is 0.323 e. The monoisotopic (exact) mass is 342 g/mol. The van der Waals surface area contributed by atoms with Gasteiger partial charge in [0.05, 0.1) is 5.69 Å². The second-order valence-electron chi connectivity index (χ2n) is 6.92. The Morgan fingerprint density at radius 2 is 2.24 bits per heavy atom. The summed E-state index contributed by atoms with van der Waals surface area (Å²) in [5.74, 6) is 0.901. The number of aromatic nitrogens is 3. The molecule has 1 atom stereocenters. The molecule has 2 aromatic rings. The molecule has 3 rings (SSSR count). The van der Waals surface area contributed by atoms with Crippen molar-refractivity contribution in [2.45, 2.75) is 25.3 Å². The SMILES string of the molecule is CN(C)Cc1ccnc(NC(=O)N2CCCC(c3ccn(C)n3)C2)c1. The van der Waals surface area contributed by atoms with E-state index in [1.54, 1.807) is 6.20 Å². The van der Waals surface area contributed by atoms with Crippen LogP contribution in [0.5, 0.6) is 0 Å². The third-order valence-corrected chi connectivity index (χ3v) is 4.42. The lowest BCUT2D eigenvalue weighted by molar-refractivity contribution is 0.192. The zero-order chi connectivity index (χ0) is 17.8. The molecule has 25 heavy (non-hydrogen) atoms. The Kier molecular flexibility index (Phi) is 5.33. The van der Waals surface area contributed by atoms with Gasteiger partial charge in [0.1, 0.15) is 5.82 Å². The fourth-order valence-corrected chi connectivity index (χ4v) is 3.25. The molecule has 1 unspecified atom stereocenters. The smallest absolute Gasteiger partial charge is 0.323 e. The predicted octanol–water partition coefficient (Wildman–Crippen LogP) is 2.29. The van der Waals surface area contributed by atoms with E-state index < -0.39 is 0 Å². The van der Waals surface area contributed by atoms with Gasteiger partial charge in [0, 0.05) is 45.0 Å². The van der Waals surface area contributed by atoms with Gasteiger partial charge in [-0.3, -0.25) is 10.00 Å². The number of urea groups is 1. The van der Waals surface area contributed by atoms with E-state index in [1.807, 2.05) is 55.1 Å². The van der Waals surface area contributed by atoms with Gasteiger partial charge in [-0.05, 0) is 50.7 Å². The maximum atomic E-state index is 12.6. The average Bonchev–Trinajstić information content (AvgIpc) is 3.01. The van der Waals surface area contributed by atoms with E-state index in [9.17, 15) is 4.79 Å². The Labute approximate surface area is 148 Å². The number of amides is 2. The second kappa shape index (κ2) is 7.65. The largest absolute Gasteiger partial charge is 0.324 e. The first kappa shape index (κ1) is 17.4. The fourth-order valence-electron chi connectivity index (χ4n) is 3.25. The number of rotatable bonds is 4. The van der Waals surface area contributed by atoms with Crippen molar-refractivity contribution in [2.75, 3.05) is 32.5 Å². The summed E-state index contributed by atoms with van der Waals surface area (Å²) in [6, 6.07) is 5.85. The lowest BCUT2D eigenvalue weighted by Gasteiger charge is -2.31. The van der Waals surface area contributed by atoms with Crippen LogP contribution in [0, 0.1) is 0 Å². The predicted molar refractivity (Wildman–Crippen MR) is 97.4 cm³/mol. The minimum Gasteiger partial charge on any atom is -0.324 e. The van der Waals surface area contributed by atoms with Crippen molar-refractivity contribution >= 4 is 11.8 Å². The molecular weight excluding hydrogens is 316 g/mol. The van der Waals surface area contributed by atoms with Gasteiger partial charge in [0.25, 0.3) is 0 Å². The van der Waals surface area contributed by atoms with E-state index in [0.29, 0.717) is 18.3 Å². The third kappa shape index (κ3) is 4.57. The summed E-state index contributed by atoms with van der Waals surface area (Å²) >= 11 is 0. The summed E-state index contributed by atoms with van der Waals surface area (Å²) in [6.45, 7) is 2.28. The van der Waals surface area contributed by atoms with Crippen LogP contribution in [0.1, 0.15) is 30.0 Å². The van der Waals surface area contributed by atoms with Crippen LogP contribution in [0.4, 0.5) is 10.6 Å². The molecule has 0 radical (unpaired) electrons. The molecule has 134 valence electrons. The Hall–Kier alpha value is -2.41. The number of aryl methyl sites for hydroxylation is 1. The number of carbonyl (C=O) groups excluding carboxylic acids is 1. The zero-order valence-electron chi connectivity index (χ0n) is 15.1. The van der Waals surface area contributed by atoms with Gasteiger partial charge in [-0.15, -0.1) is 0 Å². The Bertz CT molecular complexity index is 726. The minimum atomic E-state index is -0.0878. The van der Waals surface area contributed by atoms with Crippen LogP contribution in [0.2, 0.25) is 0 Å². The number of carbonyl (C=O) groups is 1. The number of nitrogens with zero attached hydrogens (tertiary/aromatic N) is 5. The lowest BCUT2D eigenvalue weighted by atomic mass is 9.95. The van der Waals surface area contributed by atoms with Gasteiger partial charge in [-0.25, -0.2) is 9.78 Å². The van der Waals surface area contributed by atoms with E-state index >= 15 is 0 Å². The molecule has 0 saturated carbocycles. The quantitative estimate of drug-likeness (QED) is 0.926. The third-order valence-electron chi connectivity index (χ3n) is 4.42. The highest BCUT2D eigenvalue weighted by Crippen LogP contribution is 2.26. The first-order valence-corrected chi connectivity index (χ1v) is 8.66. The first-order valence-electron chi connectivity index (χ1n) is 8.66. The number of pyridine rings is 1. The van der Waals surface area contributed by atoms with Crippen LogP contribution in [0.3, 0.4) is 0 Å². The van der Waals surface area contributed by atoms with E-state index in [-0.39, 0.29) is 6.03 Å². The highest BCUT2D eigenvalue weighted by atomic mass is 16.2. The molecule has 0 spiro atoms. The molecule has 7 nitrogen and oxygen atoms in total. The van der Waals surface area contributed by atoms with Crippen molar-refractivity contribution in [2.24, 2.45) is 7.05 Å². The Morgan fingerprint density at radius 3 is 2.96 bits per heavy atom. The van der Waals surface area contributed by atoms with E-state index in [2.05, 4.69) is 20.3 Å². The molecule has 1 aliphatic rings. The molecule has 1 aliphatic heterocycles. The lowest BCUT2D eigenvalue weighted by Crippen LogP contribution is -2.41. The molecule has 1 fully saturated rings. The number of hydrogen-bond donors (Lipinski definition) is 1. The number of anilines is 1. The van der Waals surface area contributed by atoms with Crippen LogP contribution in [0.15, 0.2) is 30.6 Å². The van der Waals surface area contributed by atoms with Gasteiger partial charge in [-0.2, -0.15) is 5.10 Å². The molecule has 0 aromatic carbocycles. The summed E-state index contributed by atoms with van der Waals surface area (Å²) in [4.78, 5) is 20.8. The van der Waals surface area contributed by atoms with Crippen molar-refractivity contribution in [1.82, 2.24) is 24.6 Å². The molecule has 2 amide bonds. The van der Waals surface area contributed by atoms with Crippen LogP contribution in [-0.2, 0) is 13.6 Å². The molecule has 3 heterocycles. The van der Waals surface area contributed by atoms with Crippen molar-refractivity contribution in [3.05, 3.63) is 41.9 Å². The summed E-state index contributed by atoms with van der Waals surface area (Å²) in [7, 11) is 5.96. The molecule has 7 heteroatoms. The van der Waals surface area contributed by atoms with Gasteiger partial charge < -0.3 is 9.80 Å². The molecule has 2 aromatic heterocycles. The van der Waals surface area contributed by atoms with Crippen molar-refractivity contribution in [3.8, 4) is 0 Å². The highest BCUT2D eigenvalue weighted by Gasteiger charge is 2.26. The molecular formula is C18H26N6O. The highest BCUT2D eigenvalue weighted by molar-refractivity contribution is 5.88. The van der Waals surface area contributed by atoms with Gasteiger partial charge >= 0.3 is 6.03 Å². The number of likely N-dealkylation sites (tertiary alicyclic amines) is 1. The molecule has 0 bridgehead atoms. The standard InChI is InChI=1S/C18H26N6O/c1-22(2)12-14-6-8-19-17(11-14)20-18(25)24-9-4-5-15(13-24)16-7-10-23(3)21-16/h6-8,10-11,15H,4-5,9,12-13H2,1-3H3,(H,19,20,25). The van der Waals surface area contributed by atoms with E-state index in [1.165, 1.54) is 0 Å². The van der Waals surface area contributed by atoms with Crippen molar-refractivity contribution < 1.29 is 4.79 Å². The number of nitrogens with one attached hydrogen (secondary N) is 1. The van der Waals surface area contributed by atoms with E-state index in [0.717, 1.165) is 37.2 Å². The Morgan fingerprint density at radius 1 is 1.40 bits per heavy atom. The summed E-state index contributed by atoms with van der Waals surface area (Å²) in [5.41, 5.74) is 2.19. The summed E-state index contributed by atoms with van der Waals surface area (Å²) in [6.07, 6.45) is 5.75. The van der Waals surface area contributed by atoms with Crippen LogP contribution < -0.4 is 5.32 Å². The number of piperidine rings is 1. The summed E-state index contributed by atoms with van der Waals surface area (Å²) in [5, 5.41) is 7.43.